The van der Waals surface area contributed by atoms with E-state index in [0.29, 0.717) is 5.95 Å². The Hall–Kier alpha value is -5.68. The molecule has 0 spiro atoms. The zero-order valence-corrected chi connectivity index (χ0v) is 24.4. The minimum absolute atomic E-state index is 0.271. The van der Waals surface area contributed by atoms with Crippen LogP contribution in [0.4, 0.5) is 0 Å². The van der Waals surface area contributed by atoms with Gasteiger partial charge in [0.2, 0.25) is 5.95 Å². The maximum absolute atomic E-state index is 5.29. The number of pyridine rings is 2. The zero-order chi connectivity index (χ0) is 29.4. The van der Waals surface area contributed by atoms with Crippen LogP contribution >= 0.6 is 0 Å². The summed E-state index contributed by atoms with van der Waals surface area (Å²) in [7, 11) is 0. The number of fused-ring (bicyclic) bond motifs is 10. The highest BCUT2D eigenvalue weighted by Crippen LogP contribution is 2.55. The fourth-order valence-electron chi connectivity index (χ4n) is 7.20. The van der Waals surface area contributed by atoms with Crippen LogP contribution in [0.1, 0.15) is 25.0 Å². The van der Waals surface area contributed by atoms with Crippen molar-refractivity contribution in [1.29, 1.82) is 0 Å². The van der Waals surface area contributed by atoms with Crippen LogP contribution in [0.2, 0.25) is 0 Å². The van der Waals surface area contributed by atoms with E-state index >= 15 is 0 Å². The lowest BCUT2D eigenvalue weighted by molar-refractivity contribution is 0.663. The van der Waals surface area contributed by atoms with Gasteiger partial charge in [-0.3, -0.25) is 14.5 Å². The molecule has 5 heteroatoms. The number of rotatable bonds is 3. The molecule has 0 aliphatic heterocycles. The number of hydrogen-bond acceptors (Lipinski definition) is 4. The van der Waals surface area contributed by atoms with Crippen molar-refractivity contribution in [1.82, 2.24) is 24.5 Å². The third-order valence-corrected chi connectivity index (χ3v) is 9.12. The number of hydrogen-bond donors (Lipinski definition) is 0. The van der Waals surface area contributed by atoms with Crippen molar-refractivity contribution in [3.63, 3.8) is 0 Å². The predicted octanol–water partition coefficient (Wildman–Crippen LogP) is 9.16. The van der Waals surface area contributed by atoms with Gasteiger partial charge in [-0.25, -0.2) is 9.97 Å². The standard InChI is InChI=1S/C39H27N5/c1-39(2)29-18-10-9-16-26(29)33-27-17-11-20-41-36(27)34-28-23-40-21-19-32(28)44(37(34)35(33)39)38-42-30(24-12-5-3-6-13-24)22-31(43-38)25-14-7-4-8-15-25/h3-23H,1-2H3. The Bertz CT molecular complexity index is 2350. The molecule has 5 nitrogen and oxygen atoms in total. The van der Waals surface area contributed by atoms with E-state index in [1.807, 2.05) is 36.8 Å². The average Bonchev–Trinajstić information content (AvgIpc) is 3.55. The van der Waals surface area contributed by atoms with Crippen LogP contribution in [-0.2, 0) is 5.41 Å². The topological polar surface area (TPSA) is 56.5 Å². The van der Waals surface area contributed by atoms with Gasteiger partial charge in [0.25, 0.3) is 0 Å². The molecule has 4 aromatic heterocycles. The molecule has 0 amide bonds. The number of benzene rings is 4. The Kier molecular flexibility index (Phi) is 5.18. The van der Waals surface area contributed by atoms with E-state index in [1.54, 1.807) is 0 Å². The molecule has 1 aliphatic carbocycles. The predicted molar refractivity (Wildman–Crippen MR) is 178 cm³/mol. The van der Waals surface area contributed by atoms with Gasteiger partial charge in [-0.05, 0) is 40.5 Å². The molecular weight excluding hydrogens is 538 g/mol. The van der Waals surface area contributed by atoms with Crippen molar-refractivity contribution in [3.8, 4) is 39.6 Å². The van der Waals surface area contributed by atoms with Gasteiger partial charge in [-0.15, -0.1) is 0 Å². The van der Waals surface area contributed by atoms with Crippen LogP contribution in [-0.4, -0.2) is 24.5 Å². The van der Waals surface area contributed by atoms with Gasteiger partial charge in [0.1, 0.15) is 0 Å². The van der Waals surface area contributed by atoms with Crippen molar-refractivity contribution < 1.29 is 0 Å². The largest absolute Gasteiger partial charge is 0.277 e. The van der Waals surface area contributed by atoms with Crippen molar-refractivity contribution in [2.45, 2.75) is 19.3 Å². The molecule has 208 valence electrons. The van der Waals surface area contributed by atoms with Gasteiger partial charge in [-0.2, -0.15) is 0 Å². The Balaban J connectivity index is 1.49. The molecule has 4 heterocycles. The first-order chi connectivity index (χ1) is 21.6. The molecular formula is C39H27N5. The highest BCUT2D eigenvalue weighted by molar-refractivity contribution is 6.25. The molecule has 0 unspecified atom stereocenters. The second-order valence-corrected chi connectivity index (χ2v) is 11.9. The van der Waals surface area contributed by atoms with E-state index in [9.17, 15) is 0 Å². The second-order valence-electron chi connectivity index (χ2n) is 11.9. The summed E-state index contributed by atoms with van der Waals surface area (Å²) in [6.07, 6.45) is 5.70. The molecule has 0 saturated carbocycles. The lowest BCUT2D eigenvalue weighted by Crippen LogP contribution is -2.17. The van der Waals surface area contributed by atoms with Gasteiger partial charge < -0.3 is 0 Å². The first-order valence-corrected chi connectivity index (χ1v) is 14.9. The van der Waals surface area contributed by atoms with E-state index in [-0.39, 0.29) is 5.41 Å². The summed E-state index contributed by atoms with van der Waals surface area (Å²) in [6, 6.07) is 37.9. The first-order valence-electron chi connectivity index (χ1n) is 14.9. The molecule has 9 rings (SSSR count). The maximum atomic E-state index is 5.29. The van der Waals surface area contributed by atoms with Crippen LogP contribution in [0.5, 0.6) is 0 Å². The van der Waals surface area contributed by atoms with Crippen LogP contribution in [0.15, 0.2) is 128 Å². The first kappa shape index (κ1) is 24.9. The molecule has 1 aliphatic rings. The van der Waals surface area contributed by atoms with Crippen LogP contribution in [0.25, 0.3) is 72.3 Å². The smallest absolute Gasteiger partial charge is 0.235 e. The fraction of sp³-hybridized carbons (Fsp3) is 0.0769. The zero-order valence-electron chi connectivity index (χ0n) is 24.4. The Morgan fingerprint density at radius 3 is 2.07 bits per heavy atom. The molecule has 0 saturated heterocycles. The van der Waals surface area contributed by atoms with Crippen molar-refractivity contribution in [2.75, 3.05) is 0 Å². The quantitative estimate of drug-likeness (QED) is 0.214. The lowest BCUT2D eigenvalue weighted by atomic mass is 9.81. The summed E-state index contributed by atoms with van der Waals surface area (Å²) in [4.78, 5) is 20.2. The van der Waals surface area contributed by atoms with Gasteiger partial charge in [0, 0.05) is 51.3 Å². The average molecular weight is 566 g/mol. The molecule has 44 heavy (non-hydrogen) atoms. The highest BCUT2D eigenvalue weighted by atomic mass is 15.2. The van der Waals surface area contributed by atoms with Crippen molar-refractivity contribution >= 4 is 32.7 Å². The third-order valence-electron chi connectivity index (χ3n) is 9.12. The van der Waals surface area contributed by atoms with Crippen molar-refractivity contribution in [3.05, 3.63) is 139 Å². The van der Waals surface area contributed by atoms with E-state index in [4.69, 9.17) is 15.0 Å². The van der Waals surface area contributed by atoms with Crippen molar-refractivity contribution in [2.24, 2.45) is 0 Å². The van der Waals surface area contributed by atoms with Gasteiger partial charge in [0.05, 0.1) is 27.9 Å². The second kappa shape index (κ2) is 9.16. The Morgan fingerprint density at radius 2 is 1.34 bits per heavy atom. The third kappa shape index (κ3) is 3.41. The van der Waals surface area contributed by atoms with Gasteiger partial charge >= 0.3 is 0 Å². The molecule has 0 atom stereocenters. The monoisotopic (exact) mass is 565 g/mol. The Labute approximate surface area is 254 Å². The summed E-state index contributed by atoms with van der Waals surface area (Å²) in [5.74, 6) is 0.626. The summed E-state index contributed by atoms with van der Waals surface area (Å²) >= 11 is 0. The van der Waals surface area contributed by atoms with Crippen LogP contribution in [0.3, 0.4) is 0 Å². The summed E-state index contributed by atoms with van der Waals surface area (Å²) in [5.41, 5.74) is 11.7. The lowest BCUT2D eigenvalue weighted by Gasteiger charge is -2.24. The highest BCUT2D eigenvalue weighted by Gasteiger charge is 2.40. The summed E-state index contributed by atoms with van der Waals surface area (Å²) in [6.45, 7) is 4.66. The number of aromatic nitrogens is 5. The molecule has 8 aromatic rings. The summed E-state index contributed by atoms with van der Waals surface area (Å²) < 4.78 is 2.26. The van der Waals surface area contributed by atoms with E-state index in [2.05, 4.69) is 114 Å². The maximum Gasteiger partial charge on any atom is 0.235 e. The van der Waals surface area contributed by atoms with E-state index < -0.39 is 0 Å². The molecule has 4 aromatic carbocycles. The number of nitrogens with zero attached hydrogens (tertiary/aromatic N) is 5. The van der Waals surface area contributed by atoms with Crippen LogP contribution < -0.4 is 0 Å². The van der Waals surface area contributed by atoms with Crippen LogP contribution in [0, 0.1) is 0 Å². The molecule has 0 N–H and O–H groups in total. The SMILES string of the molecule is CC1(C)c2ccccc2-c2c1c1c(c3cnccc3n1-c1nc(-c3ccccc3)cc(-c3ccccc3)n1)c1ncccc21. The van der Waals surface area contributed by atoms with E-state index in [0.717, 1.165) is 55.2 Å². The van der Waals surface area contributed by atoms with Gasteiger partial charge in [-0.1, -0.05) is 105 Å². The van der Waals surface area contributed by atoms with E-state index in [1.165, 1.54) is 22.3 Å². The normalized spacial score (nSPS) is 13.4. The minimum Gasteiger partial charge on any atom is -0.277 e. The molecule has 0 fully saturated rings. The molecule has 0 radical (unpaired) electrons. The Morgan fingerprint density at radius 1 is 0.659 bits per heavy atom. The minimum atomic E-state index is -0.271. The summed E-state index contributed by atoms with van der Waals surface area (Å²) in [5, 5.41) is 3.27. The fourth-order valence-corrected chi connectivity index (χ4v) is 7.20. The van der Waals surface area contributed by atoms with Gasteiger partial charge in [0.15, 0.2) is 0 Å². The molecule has 0 bridgehead atoms.